The van der Waals surface area contributed by atoms with E-state index in [9.17, 15) is 18.3 Å². The first-order valence-corrected chi connectivity index (χ1v) is 11.5. The highest BCUT2D eigenvalue weighted by Crippen LogP contribution is 2.61. The van der Waals surface area contributed by atoms with Gasteiger partial charge in [0.2, 0.25) is 0 Å². The van der Waals surface area contributed by atoms with Crippen molar-refractivity contribution in [3.63, 3.8) is 0 Å². The molecule has 0 rings (SSSR count). The SMILES string of the molecule is O=P(O)(O)C(COCC(P(=O)(O)O)P(=O)(O)O)P(=O)(O)O. The van der Waals surface area contributed by atoms with E-state index < -0.39 is 54.4 Å². The van der Waals surface area contributed by atoms with Gasteiger partial charge in [-0.15, -0.1) is 0 Å². The molecule has 0 aliphatic rings. The van der Waals surface area contributed by atoms with E-state index in [4.69, 9.17) is 39.1 Å². The number of rotatable bonds is 8. The molecule has 0 aromatic carbocycles. The molecule has 0 aliphatic carbocycles. The molecule has 0 bridgehead atoms. The Bertz CT molecular complexity index is 438. The average Bonchev–Trinajstić information content (AvgIpc) is 2.07. The van der Waals surface area contributed by atoms with E-state index in [0.717, 1.165) is 0 Å². The molecule has 0 spiro atoms. The van der Waals surface area contributed by atoms with E-state index in [0.29, 0.717) is 0 Å². The van der Waals surface area contributed by atoms with E-state index in [1.54, 1.807) is 0 Å². The maximum absolute atomic E-state index is 10.9. The van der Waals surface area contributed by atoms with Crippen molar-refractivity contribution >= 4 is 30.4 Å². The zero-order valence-electron chi connectivity index (χ0n) is 9.98. The fourth-order valence-electron chi connectivity index (χ4n) is 1.06. The lowest BCUT2D eigenvalue weighted by atomic mass is 10.8. The van der Waals surface area contributed by atoms with Crippen LogP contribution in [0.25, 0.3) is 0 Å². The van der Waals surface area contributed by atoms with Gasteiger partial charge in [-0.3, -0.25) is 18.3 Å². The Labute approximate surface area is 117 Å². The predicted molar refractivity (Wildman–Crippen MR) is 66.6 cm³/mol. The number of hydrogen-bond acceptors (Lipinski definition) is 5. The first kappa shape index (κ1) is 21.6. The largest absolute Gasteiger partial charge is 0.378 e. The third-order valence-corrected chi connectivity index (χ3v) is 9.40. The molecule has 21 heavy (non-hydrogen) atoms. The molecule has 0 fully saturated rings. The van der Waals surface area contributed by atoms with Gasteiger partial charge in [0.15, 0.2) is 10.8 Å². The topological polar surface area (TPSA) is 239 Å². The van der Waals surface area contributed by atoms with Gasteiger partial charge >= 0.3 is 30.4 Å². The third kappa shape index (κ3) is 7.58. The molecule has 0 amide bonds. The molecule has 0 aromatic rings. The Morgan fingerprint density at radius 1 is 0.571 bits per heavy atom. The summed E-state index contributed by atoms with van der Waals surface area (Å²) < 4.78 is 47.7. The average molecular weight is 394 g/mol. The quantitative estimate of drug-likeness (QED) is 0.216. The van der Waals surface area contributed by atoms with Crippen molar-refractivity contribution in [1.29, 1.82) is 0 Å². The molecular weight excluding hydrogens is 380 g/mol. The van der Waals surface area contributed by atoms with E-state index in [1.165, 1.54) is 0 Å². The lowest BCUT2D eigenvalue weighted by Gasteiger charge is -2.22. The van der Waals surface area contributed by atoms with E-state index in [2.05, 4.69) is 4.74 Å². The monoisotopic (exact) mass is 394 g/mol. The van der Waals surface area contributed by atoms with Gasteiger partial charge in [-0.2, -0.15) is 0 Å². The van der Waals surface area contributed by atoms with Gasteiger partial charge in [0, 0.05) is 0 Å². The van der Waals surface area contributed by atoms with Crippen LogP contribution in [0.2, 0.25) is 0 Å². The first-order valence-electron chi connectivity index (χ1n) is 4.76. The maximum atomic E-state index is 10.9. The molecule has 128 valence electrons. The van der Waals surface area contributed by atoms with E-state index in [-0.39, 0.29) is 0 Å². The minimum Gasteiger partial charge on any atom is -0.378 e. The van der Waals surface area contributed by atoms with Crippen molar-refractivity contribution in [1.82, 2.24) is 0 Å². The van der Waals surface area contributed by atoms with Crippen LogP contribution in [0, 0.1) is 0 Å². The van der Waals surface area contributed by atoms with Gasteiger partial charge in [0.05, 0.1) is 13.2 Å². The predicted octanol–water partition coefficient (Wildman–Crippen LogP) is -1.63. The molecule has 0 atom stereocenters. The van der Waals surface area contributed by atoms with Gasteiger partial charge in [-0.25, -0.2) is 0 Å². The third-order valence-electron chi connectivity index (χ3n) is 2.09. The maximum Gasteiger partial charge on any atom is 0.343 e. The molecule has 0 aliphatic heterocycles. The lowest BCUT2D eigenvalue weighted by Crippen LogP contribution is -2.22. The van der Waals surface area contributed by atoms with Crippen LogP contribution in [0.4, 0.5) is 0 Å². The summed E-state index contributed by atoms with van der Waals surface area (Å²) in [7, 11) is -21.3. The zero-order valence-corrected chi connectivity index (χ0v) is 13.6. The van der Waals surface area contributed by atoms with Crippen LogP contribution >= 0.6 is 30.4 Å². The van der Waals surface area contributed by atoms with Gasteiger partial charge in [0.25, 0.3) is 0 Å². The van der Waals surface area contributed by atoms with Crippen molar-refractivity contribution in [3.8, 4) is 0 Å². The van der Waals surface area contributed by atoms with Crippen LogP contribution in [0.1, 0.15) is 0 Å². The molecule has 0 saturated carbocycles. The molecule has 17 heteroatoms. The summed E-state index contributed by atoms with van der Waals surface area (Å²) in [6.07, 6.45) is 0. The van der Waals surface area contributed by atoms with Crippen LogP contribution < -0.4 is 0 Å². The molecule has 0 saturated heterocycles. The summed E-state index contributed by atoms with van der Waals surface area (Å²) in [6.45, 7) is -2.71. The highest BCUT2D eigenvalue weighted by atomic mass is 31.2. The van der Waals surface area contributed by atoms with Gasteiger partial charge in [0.1, 0.15) is 0 Å². The Hall–Kier alpha value is 0.560. The van der Waals surface area contributed by atoms with Gasteiger partial charge < -0.3 is 43.9 Å². The van der Waals surface area contributed by atoms with Gasteiger partial charge in [-0.05, 0) is 0 Å². The summed E-state index contributed by atoms with van der Waals surface area (Å²) in [5.41, 5.74) is 0. The second-order valence-corrected chi connectivity index (χ2v) is 11.9. The summed E-state index contributed by atoms with van der Waals surface area (Å²) >= 11 is 0. The Kier molecular flexibility index (Phi) is 7.17. The standard InChI is InChI=1S/C4H14O13P4/c5-18(6,7)3(19(8,9)10)1-17-2-4(20(11,12)13)21(14,15)16/h3-4H,1-2H2,(H2,5,6,7)(H2,8,9,10)(H2,11,12,13)(H2,14,15,16). The molecule has 0 radical (unpaired) electrons. The summed E-state index contributed by atoms with van der Waals surface area (Å²) in [5.74, 6) is 0. The number of hydrogen-bond donors (Lipinski definition) is 8. The fraction of sp³-hybridized carbons (Fsp3) is 1.00. The van der Waals surface area contributed by atoms with Crippen LogP contribution in [-0.4, -0.2) is 63.2 Å². The second-order valence-electron chi connectivity index (χ2n) is 3.86. The summed E-state index contributed by atoms with van der Waals surface area (Å²) in [6, 6.07) is 0. The van der Waals surface area contributed by atoms with Crippen molar-refractivity contribution < 1.29 is 62.1 Å². The lowest BCUT2D eigenvalue weighted by molar-refractivity contribution is 0.135. The van der Waals surface area contributed by atoms with Gasteiger partial charge in [-0.1, -0.05) is 0 Å². The van der Waals surface area contributed by atoms with Crippen LogP contribution in [-0.2, 0) is 23.0 Å². The van der Waals surface area contributed by atoms with Crippen LogP contribution in [0.15, 0.2) is 0 Å². The van der Waals surface area contributed by atoms with Crippen LogP contribution in [0.5, 0.6) is 0 Å². The Balaban J connectivity index is 5.01. The Morgan fingerprint density at radius 2 is 0.762 bits per heavy atom. The van der Waals surface area contributed by atoms with Crippen molar-refractivity contribution in [2.45, 2.75) is 10.8 Å². The molecular formula is C4H14O13P4. The molecule has 0 unspecified atom stereocenters. The Morgan fingerprint density at radius 3 is 0.905 bits per heavy atom. The van der Waals surface area contributed by atoms with Crippen molar-refractivity contribution in [3.05, 3.63) is 0 Å². The second kappa shape index (κ2) is 6.98. The fourth-order valence-corrected chi connectivity index (χ4v) is 5.39. The molecule has 0 aromatic heterocycles. The highest BCUT2D eigenvalue weighted by Gasteiger charge is 2.46. The first-order chi connectivity index (χ1) is 8.97. The normalized spacial score (nSPS) is 15.0. The van der Waals surface area contributed by atoms with Crippen molar-refractivity contribution in [2.75, 3.05) is 13.2 Å². The summed E-state index contributed by atoms with van der Waals surface area (Å²) in [4.78, 5) is 69.8. The minimum atomic E-state index is -5.31. The van der Waals surface area contributed by atoms with E-state index in [1.807, 2.05) is 0 Å². The molecule has 13 nitrogen and oxygen atoms in total. The summed E-state index contributed by atoms with van der Waals surface area (Å²) in [5, 5.41) is -5.22. The highest BCUT2D eigenvalue weighted by molar-refractivity contribution is 7.71. The smallest absolute Gasteiger partial charge is 0.343 e. The zero-order chi connectivity index (χ0) is 17.3. The van der Waals surface area contributed by atoms with E-state index >= 15 is 0 Å². The van der Waals surface area contributed by atoms with Crippen LogP contribution in [0.3, 0.4) is 0 Å². The molecule has 0 heterocycles. The molecule has 8 N–H and O–H groups in total. The minimum absolute atomic E-state index is 1.36. The van der Waals surface area contributed by atoms with Crippen molar-refractivity contribution in [2.24, 2.45) is 0 Å². The number of ether oxygens (including phenoxy) is 1.